The lowest BCUT2D eigenvalue weighted by Gasteiger charge is -2.38. The lowest BCUT2D eigenvalue weighted by atomic mass is 9.75. The average molecular weight is 356 g/mol. The Hall–Kier alpha value is -2.54. The van der Waals surface area contributed by atoms with Crippen LogP contribution in [0.15, 0.2) is 29.3 Å². The molecule has 3 rings (SSSR count). The van der Waals surface area contributed by atoms with Crippen LogP contribution in [-0.4, -0.2) is 38.1 Å². The Balaban J connectivity index is 1.70. The number of rotatable bonds is 6. The van der Waals surface area contributed by atoms with Crippen LogP contribution in [-0.2, 0) is 17.6 Å². The molecular formula is C19H24N4O3. The van der Waals surface area contributed by atoms with Crippen molar-refractivity contribution in [2.24, 2.45) is 5.92 Å². The van der Waals surface area contributed by atoms with Gasteiger partial charge in [0.25, 0.3) is 5.56 Å². The number of nitrogens with zero attached hydrogens (tertiary/aromatic N) is 2. The van der Waals surface area contributed by atoms with E-state index >= 15 is 0 Å². The summed E-state index contributed by atoms with van der Waals surface area (Å²) < 4.78 is 0. The van der Waals surface area contributed by atoms with E-state index in [4.69, 9.17) is 0 Å². The van der Waals surface area contributed by atoms with Crippen LogP contribution >= 0.6 is 0 Å². The number of amides is 1. The molecule has 2 aromatic heterocycles. The molecule has 1 amide bonds. The summed E-state index contributed by atoms with van der Waals surface area (Å²) in [4.78, 5) is 35.6. The molecule has 0 saturated heterocycles. The van der Waals surface area contributed by atoms with Crippen molar-refractivity contribution in [3.8, 4) is 0 Å². The number of pyridine rings is 1. The van der Waals surface area contributed by atoms with Gasteiger partial charge in [0.15, 0.2) is 0 Å². The molecule has 7 nitrogen and oxygen atoms in total. The van der Waals surface area contributed by atoms with Crippen molar-refractivity contribution < 1.29 is 9.90 Å². The minimum atomic E-state index is -0.289. The highest BCUT2D eigenvalue weighted by atomic mass is 16.3. The number of hydrogen-bond acceptors (Lipinski definition) is 5. The Bertz CT molecular complexity index is 828. The predicted octanol–water partition coefficient (Wildman–Crippen LogP) is 0.823. The van der Waals surface area contributed by atoms with Crippen LogP contribution in [0.4, 0.5) is 0 Å². The number of nitrogens with one attached hydrogen (secondary N) is 2. The van der Waals surface area contributed by atoms with Gasteiger partial charge < -0.3 is 15.4 Å². The Morgan fingerprint density at radius 1 is 1.35 bits per heavy atom. The van der Waals surface area contributed by atoms with Gasteiger partial charge in [0.1, 0.15) is 5.82 Å². The molecule has 1 saturated carbocycles. The Labute approximate surface area is 151 Å². The number of carbonyl (C=O) groups excluding carboxylic acids is 1. The highest BCUT2D eigenvalue weighted by Crippen LogP contribution is 2.31. The zero-order valence-corrected chi connectivity index (χ0v) is 15.0. The van der Waals surface area contributed by atoms with E-state index in [-0.39, 0.29) is 36.0 Å². The topological polar surface area (TPSA) is 108 Å². The molecule has 2 heterocycles. The van der Waals surface area contributed by atoms with Crippen molar-refractivity contribution in [2.75, 3.05) is 0 Å². The number of aromatic nitrogens is 3. The fourth-order valence-electron chi connectivity index (χ4n) is 3.44. The summed E-state index contributed by atoms with van der Waals surface area (Å²) in [6.07, 6.45) is 5.20. The molecule has 1 atom stereocenters. The number of aliphatic hydroxyl groups is 1. The normalized spacial score (nSPS) is 20.3. The number of hydrogen-bond donors (Lipinski definition) is 3. The summed E-state index contributed by atoms with van der Waals surface area (Å²) in [6.45, 7) is 3.45. The summed E-state index contributed by atoms with van der Waals surface area (Å²) in [5, 5.41) is 12.7. The maximum absolute atomic E-state index is 12.6. The van der Waals surface area contributed by atoms with Gasteiger partial charge in [-0.15, -0.1) is 0 Å². The molecule has 0 aromatic carbocycles. The van der Waals surface area contributed by atoms with Crippen LogP contribution in [0.25, 0.3) is 0 Å². The fraction of sp³-hybridized carbons (Fsp3) is 0.474. The van der Waals surface area contributed by atoms with Crippen molar-refractivity contribution >= 4 is 5.91 Å². The molecular weight excluding hydrogens is 332 g/mol. The van der Waals surface area contributed by atoms with Crippen molar-refractivity contribution in [1.82, 2.24) is 20.3 Å². The maximum atomic E-state index is 12.6. The van der Waals surface area contributed by atoms with Gasteiger partial charge in [-0.05, 0) is 56.7 Å². The SMILES string of the molecule is Cc1nc(C)c(CC(=O)N[C@@H](Cc2ccncc2)C2CC(O)C2)c(=O)[nH]1. The Kier molecular flexibility index (Phi) is 5.46. The summed E-state index contributed by atoms with van der Waals surface area (Å²) >= 11 is 0. The first kappa shape index (κ1) is 18.3. The summed E-state index contributed by atoms with van der Waals surface area (Å²) in [5.74, 6) is 0.568. The van der Waals surface area contributed by atoms with Crippen LogP contribution in [0.2, 0.25) is 0 Å². The first-order valence-corrected chi connectivity index (χ1v) is 8.85. The Morgan fingerprint density at radius 3 is 2.65 bits per heavy atom. The molecule has 7 heteroatoms. The lowest BCUT2D eigenvalue weighted by molar-refractivity contribution is -0.122. The van der Waals surface area contributed by atoms with Crippen LogP contribution in [0.3, 0.4) is 0 Å². The van der Waals surface area contributed by atoms with Gasteiger partial charge >= 0.3 is 0 Å². The average Bonchev–Trinajstić information content (AvgIpc) is 2.55. The van der Waals surface area contributed by atoms with Gasteiger partial charge in [-0.2, -0.15) is 0 Å². The number of carbonyl (C=O) groups is 1. The van der Waals surface area contributed by atoms with Gasteiger partial charge in [0.2, 0.25) is 5.91 Å². The fourth-order valence-corrected chi connectivity index (χ4v) is 3.44. The lowest BCUT2D eigenvalue weighted by Crippen LogP contribution is -2.48. The first-order chi connectivity index (χ1) is 12.4. The minimum Gasteiger partial charge on any atom is -0.393 e. The summed E-state index contributed by atoms with van der Waals surface area (Å²) in [6, 6.07) is 3.77. The third-order valence-electron chi connectivity index (χ3n) is 4.95. The van der Waals surface area contributed by atoms with Gasteiger partial charge in [-0.25, -0.2) is 4.98 Å². The van der Waals surface area contributed by atoms with Crippen molar-refractivity contribution in [3.05, 3.63) is 57.5 Å². The highest BCUT2D eigenvalue weighted by molar-refractivity contribution is 5.79. The molecule has 1 aliphatic rings. The molecule has 0 bridgehead atoms. The van der Waals surface area contributed by atoms with E-state index in [0.29, 0.717) is 36.3 Å². The van der Waals surface area contributed by atoms with E-state index in [1.54, 1.807) is 26.2 Å². The van der Waals surface area contributed by atoms with Crippen molar-refractivity contribution in [3.63, 3.8) is 0 Å². The third kappa shape index (κ3) is 4.35. The van der Waals surface area contributed by atoms with Gasteiger partial charge in [0, 0.05) is 29.7 Å². The number of aromatic amines is 1. The zero-order valence-electron chi connectivity index (χ0n) is 15.0. The standard InChI is InChI=1S/C19H24N4O3/c1-11-16(19(26)22-12(2)21-11)10-18(25)23-17(14-8-15(24)9-14)7-13-3-5-20-6-4-13/h3-6,14-15,17,24H,7-10H2,1-2H3,(H,23,25)(H,21,22,26)/t14?,15?,17-/m0/s1. The molecule has 26 heavy (non-hydrogen) atoms. The van der Waals surface area contributed by atoms with Crippen LogP contribution in [0.1, 0.15) is 35.5 Å². The second kappa shape index (κ2) is 7.78. The van der Waals surface area contributed by atoms with E-state index in [1.807, 2.05) is 12.1 Å². The predicted molar refractivity (Wildman–Crippen MR) is 96.6 cm³/mol. The third-order valence-corrected chi connectivity index (χ3v) is 4.95. The molecule has 3 N–H and O–H groups in total. The molecule has 1 aliphatic carbocycles. The highest BCUT2D eigenvalue weighted by Gasteiger charge is 2.34. The van der Waals surface area contributed by atoms with Gasteiger partial charge in [-0.3, -0.25) is 14.6 Å². The number of H-pyrrole nitrogens is 1. The smallest absolute Gasteiger partial charge is 0.254 e. The molecule has 0 spiro atoms. The summed E-state index contributed by atoms with van der Waals surface area (Å²) in [5.41, 5.74) is 1.78. The van der Waals surface area contributed by atoms with Crippen LogP contribution < -0.4 is 10.9 Å². The van der Waals surface area contributed by atoms with E-state index in [0.717, 1.165) is 5.56 Å². The van der Waals surface area contributed by atoms with Crippen LogP contribution in [0, 0.1) is 19.8 Å². The van der Waals surface area contributed by atoms with Crippen molar-refractivity contribution in [1.29, 1.82) is 0 Å². The monoisotopic (exact) mass is 356 g/mol. The van der Waals surface area contributed by atoms with E-state index in [2.05, 4.69) is 20.3 Å². The minimum absolute atomic E-state index is 0.00341. The Morgan fingerprint density at radius 2 is 2.04 bits per heavy atom. The second-order valence-electron chi connectivity index (χ2n) is 7.01. The van der Waals surface area contributed by atoms with E-state index < -0.39 is 0 Å². The summed E-state index contributed by atoms with van der Waals surface area (Å²) in [7, 11) is 0. The van der Waals surface area contributed by atoms with E-state index in [9.17, 15) is 14.7 Å². The van der Waals surface area contributed by atoms with E-state index in [1.165, 1.54) is 0 Å². The molecule has 2 aromatic rings. The molecule has 1 fully saturated rings. The van der Waals surface area contributed by atoms with Gasteiger partial charge in [-0.1, -0.05) is 0 Å². The first-order valence-electron chi connectivity index (χ1n) is 8.85. The second-order valence-corrected chi connectivity index (χ2v) is 7.01. The molecule has 138 valence electrons. The molecule has 0 unspecified atom stereocenters. The van der Waals surface area contributed by atoms with Crippen LogP contribution in [0.5, 0.6) is 0 Å². The zero-order chi connectivity index (χ0) is 18.7. The van der Waals surface area contributed by atoms with Gasteiger partial charge in [0.05, 0.1) is 12.5 Å². The quantitative estimate of drug-likeness (QED) is 0.710. The number of aliphatic hydroxyl groups excluding tert-OH is 1. The largest absolute Gasteiger partial charge is 0.393 e. The molecule has 0 radical (unpaired) electrons. The van der Waals surface area contributed by atoms with Crippen molar-refractivity contribution in [2.45, 2.75) is 51.7 Å². The maximum Gasteiger partial charge on any atom is 0.254 e. The number of aryl methyl sites for hydroxylation is 2. The molecule has 0 aliphatic heterocycles.